The first-order valence-electron chi connectivity index (χ1n) is 36.8. The van der Waals surface area contributed by atoms with Crippen molar-refractivity contribution in [3.05, 3.63) is 36.5 Å². The van der Waals surface area contributed by atoms with E-state index in [9.17, 15) is 35.1 Å². The van der Waals surface area contributed by atoms with Crippen LogP contribution in [0.2, 0.25) is 0 Å². The summed E-state index contributed by atoms with van der Waals surface area (Å²) in [5, 5.41) is 57.3. The fourth-order valence-corrected chi connectivity index (χ4v) is 11.7. The van der Waals surface area contributed by atoms with Gasteiger partial charge in [-0.1, -0.05) is 333 Å². The Balaban J connectivity index is 2.55. The smallest absolute Gasteiger partial charge is 0.306 e. The Kier molecular flexibility index (Phi) is 59.1. The molecule has 1 fully saturated rings. The Bertz CT molecular complexity index is 1520. The van der Waals surface area contributed by atoms with Crippen LogP contribution in [0.5, 0.6) is 0 Å². The van der Waals surface area contributed by atoms with E-state index >= 15 is 0 Å². The van der Waals surface area contributed by atoms with Gasteiger partial charge >= 0.3 is 5.97 Å². The monoisotopic (exact) mass is 1200 g/mol. The minimum Gasteiger partial charge on any atom is -0.454 e. The van der Waals surface area contributed by atoms with Crippen molar-refractivity contribution in [1.29, 1.82) is 0 Å². The van der Waals surface area contributed by atoms with E-state index in [1.807, 2.05) is 6.08 Å². The van der Waals surface area contributed by atoms with Crippen molar-refractivity contribution in [2.75, 3.05) is 13.2 Å². The van der Waals surface area contributed by atoms with E-state index in [-0.39, 0.29) is 13.0 Å². The second kappa shape index (κ2) is 62.1. The molecule has 1 aliphatic heterocycles. The van der Waals surface area contributed by atoms with Crippen molar-refractivity contribution in [2.24, 2.45) is 0 Å². The number of aliphatic hydroxyl groups is 5. The van der Waals surface area contributed by atoms with Crippen molar-refractivity contribution in [1.82, 2.24) is 5.32 Å². The summed E-state index contributed by atoms with van der Waals surface area (Å²) >= 11 is 0. The van der Waals surface area contributed by atoms with E-state index in [2.05, 4.69) is 50.4 Å². The van der Waals surface area contributed by atoms with Crippen molar-refractivity contribution >= 4 is 11.9 Å². The van der Waals surface area contributed by atoms with Gasteiger partial charge in [-0.2, -0.15) is 0 Å². The van der Waals surface area contributed by atoms with Crippen molar-refractivity contribution in [3.63, 3.8) is 0 Å². The summed E-state index contributed by atoms with van der Waals surface area (Å²) in [7, 11) is 0. The molecule has 11 nitrogen and oxygen atoms in total. The molecule has 6 N–H and O–H groups in total. The Hall–Kier alpha value is -2.12. The zero-order valence-corrected chi connectivity index (χ0v) is 55.8. The number of hydrogen-bond acceptors (Lipinski definition) is 10. The molecule has 11 heteroatoms. The second-order valence-electron chi connectivity index (χ2n) is 25.7. The molecule has 0 bridgehead atoms. The topological polar surface area (TPSA) is 175 Å². The lowest BCUT2D eigenvalue weighted by Crippen LogP contribution is -2.61. The van der Waals surface area contributed by atoms with E-state index in [1.165, 1.54) is 238 Å². The van der Waals surface area contributed by atoms with Crippen LogP contribution in [-0.2, 0) is 23.8 Å². The fraction of sp³-hybridized carbons (Fsp3) is 0.892. The van der Waals surface area contributed by atoms with Crippen LogP contribution in [0, 0.1) is 0 Å². The predicted octanol–water partition coefficient (Wildman–Crippen LogP) is 19.0. The number of carbonyl (C=O) groups excluding carboxylic acids is 2. The number of carbonyl (C=O) groups is 2. The van der Waals surface area contributed by atoms with Gasteiger partial charge < -0.3 is 45.1 Å². The molecule has 0 aromatic carbocycles. The number of amides is 1. The molecular formula is C74H139NO10. The molecule has 0 saturated carbocycles. The Morgan fingerprint density at radius 1 is 0.459 bits per heavy atom. The highest BCUT2D eigenvalue weighted by atomic mass is 16.7. The second-order valence-corrected chi connectivity index (χ2v) is 25.7. The van der Waals surface area contributed by atoms with Crippen molar-refractivity contribution in [2.45, 2.75) is 410 Å². The standard InChI is InChI=1S/C74H139NO10/c1-4-7-10-13-16-19-22-25-27-29-30-31-32-33-34-35-36-37-39-40-43-46-49-52-55-58-61-67(78)73(82)75-65(66(77)60-57-54-51-48-45-42-24-21-18-15-12-9-6-3)64-83-74-72(71(81)70(80)68(63-76)84-74)85-69(79)62-59-56-53-50-47-44-41-38-28-26-23-20-17-14-11-8-5-2/h17,20,26,28,57,60,65-68,70-72,74,76-78,80-81H,4-16,18-19,21-25,27,29-56,58-59,61-64H2,1-3H3,(H,75,82)/b20-17-,28-26-,60-57+. The van der Waals surface area contributed by atoms with Crippen molar-refractivity contribution in [3.8, 4) is 0 Å². The van der Waals surface area contributed by atoms with Gasteiger partial charge in [0.1, 0.15) is 24.4 Å². The summed E-state index contributed by atoms with van der Waals surface area (Å²) in [6.07, 6.45) is 66.2. The lowest BCUT2D eigenvalue weighted by Gasteiger charge is -2.41. The molecule has 0 aromatic heterocycles. The lowest BCUT2D eigenvalue weighted by molar-refractivity contribution is -0.305. The number of aliphatic hydroxyl groups excluding tert-OH is 5. The highest BCUT2D eigenvalue weighted by Crippen LogP contribution is 2.26. The van der Waals surface area contributed by atoms with E-state index in [0.29, 0.717) is 19.3 Å². The van der Waals surface area contributed by atoms with Gasteiger partial charge in [-0.25, -0.2) is 0 Å². The van der Waals surface area contributed by atoms with Crippen LogP contribution in [-0.4, -0.2) is 99.6 Å². The number of allylic oxidation sites excluding steroid dienone is 5. The summed E-state index contributed by atoms with van der Waals surface area (Å²) in [4.78, 5) is 26.7. The van der Waals surface area contributed by atoms with Gasteiger partial charge in [-0.3, -0.25) is 9.59 Å². The first-order chi connectivity index (χ1) is 41.7. The summed E-state index contributed by atoms with van der Waals surface area (Å²) in [5.41, 5.74) is 0. The predicted molar refractivity (Wildman–Crippen MR) is 357 cm³/mol. The zero-order chi connectivity index (χ0) is 61.7. The maximum atomic E-state index is 13.5. The average molecular weight is 1200 g/mol. The third-order valence-corrected chi connectivity index (χ3v) is 17.5. The van der Waals surface area contributed by atoms with Gasteiger partial charge in [0, 0.05) is 6.42 Å². The summed E-state index contributed by atoms with van der Waals surface area (Å²) < 4.78 is 17.7. The molecule has 0 aromatic rings. The van der Waals surface area contributed by atoms with Crippen LogP contribution in [0.15, 0.2) is 36.5 Å². The van der Waals surface area contributed by atoms with Crippen LogP contribution in [0.4, 0.5) is 0 Å². The minimum absolute atomic E-state index is 0.117. The number of rotatable bonds is 64. The summed E-state index contributed by atoms with van der Waals surface area (Å²) in [6.45, 7) is 5.82. The molecule has 0 aliphatic carbocycles. The number of esters is 1. The Morgan fingerprint density at radius 2 is 0.812 bits per heavy atom. The highest BCUT2D eigenvalue weighted by Gasteiger charge is 2.47. The van der Waals surface area contributed by atoms with Crippen LogP contribution in [0.1, 0.15) is 361 Å². The maximum absolute atomic E-state index is 13.5. The molecule has 8 atom stereocenters. The largest absolute Gasteiger partial charge is 0.454 e. The van der Waals surface area contributed by atoms with Gasteiger partial charge in [0.15, 0.2) is 12.4 Å². The van der Waals surface area contributed by atoms with E-state index in [4.69, 9.17) is 14.2 Å². The summed E-state index contributed by atoms with van der Waals surface area (Å²) in [5.74, 6) is -1.19. The van der Waals surface area contributed by atoms with Gasteiger partial charge in [-0.05, 0) is 57.8 Å². The van der Waals surface area contributed by atoms with Crippen LogP contribution < -0.4 is 5.32 Å². The zero-order valence-electron chi connectivity index (χ0n) is 55.8. The molecular weight excluding hydrogens is 1060 g/mol. The molecule has 85 heavy (non-hydrogen) atoms. The molecule has 1 rings (SSSR count). The SMILES string of the molecule is CCCCC/C=C\C/C=C\CCCCCCCCCC(=O)OC1C(OCC(NC(=O)C(O)CCCCCCCCCCCCCCCCCCCCCCCCCCCC)C(O)/C=C/CCCCCCCCCCCCC)OC(CO)C(O)C1O. The molecule has 0 spiro atoms. The number of nitrogens with one attached hydrogen (secondary N) is 1. The minimum atomic E-state index is -1.62. The normalized spacial score (nSPS) is 18.5. The van der Waals surface area contributed by atoms with Crippen LogP contribution in [0.3, 0.4) is 0 Å². The number of ether oxygens (including phenoxy) is 3. The highest BCUT2D eigenvalue weighted by molar-refractivity contribution is 5.80. The van der Waals surface area contributed by atoms with E-state index < -0.39 is 67.4 Å². The Labute approximate surface area is 523 Å². The van der Waals surface area contributed by atoms with E-state index in [1.54, 1.807) is 6.08 Å². The molecule has 1 saturated heterocycles. The first kappa shape index (κ1) is 80.9. The van der Waals surface area contributed by atoms with Crippen LogP contribution >= 0.6 is 0 Å². The van der Waals surface area contributed by atoms with Gasteiger partial charge in [0.25, 0.3) is 0 Å². The fourth-order valence-electron chi connectivity index (χ4n) is 11.7. The van der Waals surface area contributed by atoms with Gasteiger partial charge in [0.2, 0.25) is 5.91 Å². The molecule has 8 unspecified atom stereocenters. The Morgan fingerprint density at radius 3 is 1.22 bits per heavy atom. The molecule has 1 heterocycles. The average Bonchev–Trinajstić information content (AvgIpc) is 3.16. The van der Waals surface area contributed by atoms with Crippen molar-refractivity contribution < 1.29 is 49.3 Å². The molecule has 0 radical (unpaired) electrons. The molecule has 1 amide bonds. The first-order valence-corrected chi connectivity index (χ1v) is 36.8. The van der Waals surface area contributed by atoms with E-state index in [0.717, 1.165) is 77.0 Å². The third-order valence-electron chi connectivity index (χ3n) is 17.5. The third kappa shape index (κ3) is 49.4. The summed E-state index contributed by atoms with van der Waals surface area (Å²) in [6, 6.07) is -1.02. The van der Waals surface area contributed by atoms with Gasteiger partial charge in [0.05, 0.1) is 25.4 Å². The number of hydrogen-bond donors (Lipinski definition) is 6. The molecule has 500 valence electrons. The molecule has 1 aliphatic rings. The van der Waals surface area contributed by atoms with Gasteiger partial charge in [-0.15, -0.1) is 0 Å². The quantitative estimate of drug-likeness (QED) is 0.0195. The van der Waals surface area contributed by atoms with Crippen LogP contribution in [0.25, 0.3) is 0 Å². The lowest BCUT2D eigenvalue weighted by atomic mass is 9.99. The maximum Gasteiger partial charge on any atom is 0.306 e. The number of unbranched alkanes of at least 4 members (excludes halogenated alkanes) is 46.